The van der Waals surface area contributed by atoms with E-state index in [0.29, 0.717) is 0 Å². The van der Waals surface area contributed by atoms with Gasteiger partial charge in [0.25, 0.3) is 0 Å². The van der Waals surface area contributed by atoms with E-state index < -0.39 is 0 Å². The SMILES string of the molecule is [B+2]c1ccc(OC(C)(C)C)cc1.[OH-].[OH-]. The van der Waals surface area contributed by atoms with Crippen molar-refractivity contribution in [1.29, 1.82) is 0 Å². The van der Waals surface area contributed by atoms with E-state index in [2.05, 4.69) is 0 Å². The number of rotatable bonds is 1. The van der Waals surface area contributed by atoms with Gasteiger partial charge < -0.3 is 11.0 Å². The summed E-state index contributed by atoms with van der Waals surface area (Å²) in [5.41, 5.74) is 0.618. The van der Waals surface area contributed by atoms with Gasteiger partial charge in [0.05, 0.1) is 0 Å². The van der Waals surface area contributed by atoms with Crippen LogP contribution in [0.4, 0.5) is 0 Å². The molecule has 1 aromatic rings. The van der Waals surface area contributed by atoms with Crippen molar-refractivity contribution in [2.45, 2.75) is 26.4 Å². The monoisotopic (exact) mass is 194 g/mol. The molecular weight excluding hydrogens is 179 g/mol. The molecule has 0 atom stereocenters. The summed E-state index contributed by atoms with van der Waals surface area (Å²) in [6.45, 7) is 6.05. The van der Waals surface area contributed by atoms with Crippen molar-refractivity contribution in [2.24, 2.45) is 0 Å². The minimum absolute atomic E-state index is 0. The summed E-state index contributed by atoms with van der Waals surface area (Å²) in [7, 11) is 5.53. The maximum Gasteiger partial charge on any atom is -0.870 e. The second kappa shape index (κ2) is 5.68. The third-order valence-electron chi connectivity index (χ3n) is 1.30. The molecule has 0 aromatic heterocycles. The van der Waals surface area contributed by atoms with E-state index in [1.165, 1.54) is 0 Å². The molecule has 1 aromatic carbocycles. The first kappa shape index (κ1) is 15.5. The summed E-state index contributed by atoms with van der Waals surface area (Å²) in [5, 5.41) is 0. The number of benzene rings is 1. The Morgan fingerprint density at radius 3 is 1.79 bits per heavy atom. The molecule has 0 saturated carbocycles. The van der Waals surface area contributed by atoms with Crippen LogP contribution in [0.1, 0.15) is 20.8 Å². The van der Waals surface area contributed by atoms with Crippen molar-refractivity contribution in [2.75, 3.05) is 0 Å². The molecule has 0 saturated heterocycles. The molecule has 0 fully saturated rings. The Kier molecular flexibility index (Phi) is 6.27. The summed E-state index contributed by atoms with van der Waals surface area (Å²) in [4.78, 5) is 0. The fourth-order valence-corrected chi connectivity index (χ4v) is 0.889. The fourth-order valence-electron chi connectivity index (χ4n) is 0.889. The van der Waals surface area contributed by atoms with Gasteiger partial charge in [-0.2, -0.15) is 0 Å². The van der Waals surface area contributed by atoms with E-state index in [0.717, 1.165) is 11.2 Å². The molecule has 0 aliphatic carbocycles. The molecule has 0 heterocycles. The van der Waals surface area contributed by atoms with Gasteiger partial charge in [-0.05, 0) is 0 Å². The standard InChI is InChI=1S/C10H13BO.2H2O/c1-10(2,3)12-9-6-4-8(11)5-7-9;;/h4-7H,1-3H3;2*1H2/q+2;;/p-2. The first-order valence-corrected chi connectivity index (χ1v) is 4.02. The Morgan fingerprint density at radius 2 is 1.43 bits per heavy atom. The van der Waals surface area contributed by atoms with Crippen molar-refractivity contribution in [3.63, 3.8) is 0 Å². The van der Waals surface area contributed by atoms with Crippen LogP contribution in [0.25, 0.3) is 0 Å². The van der Waals surface area contributed by atoms with Gasteiger partial charge in [0, 0.05) is 0 Å². The molecule has 0 radical (unpaired) electrons. The van der Waals surface area contributed by atoms with Gasteiger partial charge >= 0.3 is 74.4 Å². The van der Waals surface area contributed by atoms with Crippen LogP contribution in [-0.2, 0) is 0 Å². The van der Waals surface area contributed by atoms with Crippen LogP contribution in [0.2, 0.25) is 0 Å². The maximum atomic E-state index is 5.60. The molecule has 0 aliphatic heterocycles. The van der Waals surface area contributed by atoms with Crippen LogP contribution in [0.15, 0.2) is 24.3 Å². The quantitative estimate of drug-likeness (QED) is 0.632. The number of ether oxygens (including phenoxy) is 1. The molecule has 0 spiro atoms. The van der Waals surface area contributed by atoms with E-state index in [4.69, 9.17) is 12.6 Å². The molecule has 1 rings (SSSR count). The predicted molar refractivity (Wildman–Crippen MR) is 56.1 cm³/mol. The molecule has 2 N–H and O–H groups in total. The Bertz CT molecular complexity index is 251. The molecule has 0 bridgehead atoms. The van der Waals surface area contributed by atoms with E-state index >= 15 is 0 Å². The van der Waals surface area contributed by atoms with Gasteiger partial charge in [0.2, 0.25) is 0 Å². The van der Waals surface area contributed by atoms with Gasteiger partial charge in [-0.1, -0.05) is 0 Å². The maximum absolute atomic E-state index is 5.60. The van der Waals surface area contributed by atoms with Gasteiger partial charge in [0.15, 0.2) is 0 Å². The van der Waals surface area contributed by atoms with Crippen molar-refractivity contribution < 1.29 is 15.7 Å². The molecule has 4 heteroatoms. The first-order chi connectivity index (χ1) is 5.47. The second-order valence-corrected chi connectivity index (χ2v) is 3.78. The third-order valence-corrected chi connectivity index (χ3v) is 1.30. The zero-order valence-corrected chi connectivity index (χ0v) is 8.69. The van der Waals surface area contributed by atoms with E-state index in [1.807, 2.05) is 45.0 Å². The third kappa shape index (κ3) is 5.62. The topological polar surface area (TPSA) is 69.2 Å². The van der Waals surface area contributed by atoms with Crippen molar-refractivity contribution >= 4 is 13.3 Å². The molecular formula is C10H15BO3. The second-order valence-electron chi connectivity index (χ2n) is 3.78. The van der Waals surface area contributed by atoms with Crippen LogP contribution in [0.5, 0.6) is 5.75 Å². The Hall–Kier alpha value is -0.995. The fraction of sp³-hybridized carbons (Fsp3) is 0.400. The molecule has 0 aliphatic rings. The minimum Gasteiger partial charge on any atom is -0.870 e. The zero-order valence-electron chi connectivity index (χ0n) is 8.69. The van der Waals surface area contributed by atoms with E-state index in [-0.39, 0.29) is 16.6 Å². The number of hydrogen-bond donors (Lipinski definition) is 0. The van der Waals surface area contributed by atoms with Gasteiger partial charge in [-0.15, -0.1) is 0 Å². The Labute approximate surface area is 86.1 Å². The van der Waals surface area contributed by atoms with E-state index in [9.17, 15) is 0 Å². The smallest absolute Gasteiger partial charge is 0.870 e. The van der Waals surface area contributed by atoms with Gasteiger partial charge in [-0.3, -0.25) is 0 Å². The van der Waals surface area contributed by atoms with Gasteiger partial charge in [-0.25, -0.2) is 0 Å². The van der Waals surface area contributed by atoms with Crippen LogP contribution in [0, 0.1) is 0 Å². The zero-order chi connectivity index (χ0) is 9.19. The van der Waals surface area contributed by atoms with Crippen molar-refractivity contribution in [3.8, 4) is 5.75 Å². The average molecular weight is 194 g/mol. The van der Waals surface area contributed by atoms with Crippen molar-refractivity contribution in [3.05, 3.63) is 24.3 Å². The Morgan fingerprint density at radius 1 is 1.00 bits per heavy atom. The first-order valence-electron chi connectivity index (χ1n) is 4.02. The van der Waals surface area contributed by atoms with Crippen LogP contribution >= 0.6 is 0 Å². The van der Waals surface area contributed by atoms with E-state index in [1.54, 1.807) is 0 Å². The summed E-state index contributed by atoms with van der Waals surface area (Å²) >= 11 is 0. The number of hydrogen-bond acceptors (Lipinski definition) is 3. The molecule has 3 nitrogen and oxygen atoms in total. The minimum atomic E-state index is -0.143. The van der Waals surface area contributed by atoms with Crippen molar-refractivity contribution in [1.82, 2.24) is 0 Å². The predicted octanol–water partition coefficient (Wildman–Crippen LogP) is 1.30. The van der Waals surface area contributed by atoms with Gasteiger partial charge in [0.1, 0.15) is 0 Å². The Balaban J connectivity index is 0. The molecule has 0 unspecified atom stereocenters. The summed E-state index contributed by atoms with van der Waals surface area (Å²) < 4.78 is 5.60. The molecule has 76 valence electrons. The van der Waals surface area contributed by atoms with Crippen LogP contribution in [0.3, 0.4) is 0 Å². The molecule has 0 amide bonds. The average Bonchev–Trinajstić information content (AvgIpc) is 1.91. The molecule has 14 heavy (non-hydrogen) atoms. The summed E-state index contributed by atoms with van der Waals surface area (Å²) in [6.07, 6.45) is 0. The summed E-state index contributed by atoms with van der Waals surface area (Å²) in [6, 6.07) is 7.42. The van der Waals surface area contributed by atoms with Crippen LogP contribution in [-0.4, -0.2) is 24.4 Å². The summed E-state index contributed by atoms with van der Waals surface area (Å²) in [5.74, 6) is 0.858. The largest absolute Gasteiger partial charge is 0.870 e. The van der Waals surface area contributed by atoms with Crippen LogP contribution < -0.4 is 10.2 Å². The normalized spacial score (nSPS) is 9.79.